The molecule has 2 heteroatoms. The molecule has 1 fully saturated rings. The first-order valence-electron chi connectivity index (χ1n) is 6.69. The lowest BCUT2D eigenvalue weighted by molar-refractivity contribution is 0.170. The van der Waals surface area contributed by atoms with E-state index in [4.69, 9.17) is 0 Å². The highest BCUT2D eigenvalue weighted by Gasteiger charge is 2.19. The molecule has 0 spiro atoms. The summed E-state index contributed by atoms with van der Waals surface area (Å²) in [6, 6.07) is 0.793. The van der Waals surface area contributed by atoms with Crippen LogP contribution in [0.5, 0.6) is 0 Å². The zero-order valence-corrected chi connectivity index (χ0v) is 12.8. The Labute approximate surface area is 109 Å². The van der Waals surface area contributed by atoms with Crippen molar-refractivity contribution >= 4 is 0 Å². The van der Waals surface area contributed by atoms with Crippen molar-refractivity contribution in [1.29, 1.82) is 0 Å². The molecule has 2 nitrogen and oxygen atoms in total. The van der Waals surface area contributed by atoms with Crippen molar-refractivity contribution in [2.45, 2.75) is 46.6 Å². The fourth-order valence-electron chi connectivity index (χ4n) is 1.92. The summed E-state index contributed by atoms with van der Waals surface area (Å²) in [5.41, 5.74) is 1.43. The first-order valence-corrected chi connectivity index (χ1v) is 6.69. The summed E-state index contributed by atoms with van der Waals surface area (Å²) in [6.07, 6.45) is 4.81. The molecule has 17 heavy (non-hydrogen) atoms. The van der Waals surface area contributed by atoms with Gasteiger partial charge in [0.15, 0.2) is 0 Å². The van der Waals surface area contributed by atoms with Gasteiger partial charge in [0.05, 0.1) is 0 Å². The van der Waals surface area contributed by atoms with E-state index in [1.807, 2.05) is 13.8 Å². The topological polar surface area (TPSA) is 6.48 Å². The first kappa shape index (κ1) is 18.6. The molecule has 0 aliphatic carbocycles. The minimum Gasteiger partial charge on any atom is -0.375 e. The Morgan fingerprint density at radius 2 is 1.59 bits per heavy atom. The molecule has 0 saturated carbocycles. The monoisotopic (exact) mass is 240 g/mol. The van der Waals surface area contributed by atoms with E-state index in [1.165, 1.54) is 31.6 Å². The normalized spacial score (nSPS) is 16.9. The average molecular weight is 240 g/mol. The van der Waals surface area contributed by atoms with E-state index >= 15 is 0 Å². The molecule has 1 aliphatic heterocycles. The Kier molecular flexibility index (Phi) is 12.8. The zero-order chi connectivity index (χ0) is 13.8. The predicted octanol–water partition coefficient (Wildman–Crippen LogP) is 3.76. The average Bonchev–Trinajstić information content (AvgIpc) is 2.42. The van der Waals surface area contributed by atoms with E-state index in [2.05, 4.69) is 57.0 Å². The highest BCUT2D eigenvalue weighted by atomic mass is 15.2. The number of nitrogens with zero attached hydrogens (tertiary/aromatic N) is 2. The van der Waals surface area contributed by atoms with Crippen molar-refractivity contribution in [3.63, 3.8) is 0 Å². The summed E-state index contributed by atoms with van der Waals surface area (Å²) in [7, 11) is 4.37. The molecule has 0 aromatic heterocycles. The molecule has 102 valence electrons. The minimum atomic E-state index is 0.793. The lowest BCUT2D eigenvalue weighted by atomic mass is 10.0. The van der Waals surface area contributed by atoms with E-state index in [9.17, 15) is 0 Å². The molecule has 0 amide bonds. The molecule has 0 N–H and O–H groups in total. The number of hydrogen-bond acceptors (Lipinski definition) is 2. The second kappa shape index (κ2) is 11.7. The van der Waals surface area contributed by atoms with Gasteiger partial charge in [-0.25, -0.2) is 0 Å². The molecular formula is C15H32N2. The van der Waals surface area contributed by atoms with Crippen LogP contribution < -0.4 is 0 Å². The van der Waals surface area contributed by atoms with Crippen molar-refractivity contribution in [2.75, 3.05) is 27.2 Å². The number of piperidine rings is 1. The van der Waals surface area contributed by atoms with Gasteiger partial charge in [-0.3, -0.25) is 0 Å². The third-order valence-corrected chi connectivity index (χ3v) is 3.11. The molecule has 0 unspecified atom stereocenters. The minimum absolute atomic E-state index is 0.793. The maximum Gasteiger partial charge on any atom is 0.0189 e. The Morgan fingerprint density at radius 1 is 1.18 bits per heavy atom. The largest absolute Gasteiger partial charge is 0.375 e. The van der Waals surface area contributed by atoms with E-state index in [0.717, 1.165) is 6.04 Å². The van der Waals surface area contributed by atoms with Gasteiger partial charge < -0.3 is 9.80 Å². The smallest absolute Gasteiger partial charge is 0.0189 e. The van der Waals surface area contributed by atoms with Gasteiger partial charge in [-0.2, -0.15) is 0 Å². The van der Waals surface area contributed by atoms with Crippen LogP contribution in [-0.2, 0) is 0 Å². The highest BCUT2D eigenvalue weighted by Crippen LogP contribution is 2.17. The molecule has 1 saturated heterocycles. The molecule has 0 aromatic rings. The van der Waals surface area contributed by atoms with Gasteiger partial charge in [0.1, 0.15) is 0 Å². The van der Waals surface area contributed by atoms with Crippen LogP contribution in [0.25, 0.3) is 0 Å². The molecule has 1 heterocycles. The molecule has 1 rings (SSSR count). The zero-order valence-electron chi connectivity index (χ0n) is 12.8. The van der Waals surface area contributed by atoms with Crippen LogP contribution in [0.3, 0.4) is 0 Å². The van der Waals surface area contributed by atoms with E-state index in [-0.39, 0.29) is 0 Å². The van der Waals surface area contributed by atoms with Crippen molar-refractivity contribution < 1.29 is 0 Å². The quantitative estimate of drug-likeness (QED) is 0.678. The molecular weight excluding hydrogens is 208 g/mol. The van der Waals surface area contributed by atoms with Crippen LogP contribution in [0.4, 0.5) is 0 Å². The second-order valence-electron chi connectivity index (χ2n) is 4.11. The summed E-state index contributed by atoms with van der Waals surface area (Å²) in [5, 5.41) is 0. The first-order chi connectivity index (χ1) is 8.15. The number of allylic oxidation sites excluding steroid dienone is 2. The van der Waals surface area contributed by atoms with Crippen LogP contribution in [0, 0.1) is 0 Å². The Morgan fingerprint density at radius 3 is 1.88 bits per heavy atom. The van der Waals surface area contributed by atoms with Crippen molar-refractivity contribution in [3.8, 4) is 0 Å². The fraction of sp³-hybridized carbons (Fsp3) is 0.733. The van der Waals surface area contributed by atoms with Gasteiger partial charge in [0.25, 0.3) is 0 Å². The lowest BCUT2D eigenvalue weighted by Gasteiger charge is -2.36. The van der Waals surface area contributed by atoms with Crippen molar-refractivity contribution in [2.24, 2.45) is 0 Å². The lowest BCUT2D eigenvalue weighted by Crippen LogP contribution is -2.41. The van der Waals surface area contributed by atoms with Crippen LogP contribution >= 0.6 is 0 Å². The summed E-state index contributed by atoms with van der Waals surface area (Å²) in [4.78, 5) is 4.84. The van der Waals surface area contributed by atoms with Crippen molar-refractivity contribution in [3.05, 3.63) is 24.9 Å². The summed E-state index contributed by atoms with van der Waals surface area (Å²) in [6.45, 7) is 16.8. The van der Waals surface area contributed by atoms with Crippen LogP contribution in [0.1, 0.15) is 40.5 Å². The Bertz CT molecular complexity index is 189. The molecule has 0 atom stereocenters. The molecule has 0 bridgehead atoms. The SMILES string of the molecule is C/C=C(\C)N1CCC(N(C)C)CC1.C=C.CC. The van der Waals surface area contributed by atoms with Gasteiger partial charge in [0, 0.05) is 24.8 Å². The number of likely N-dealkylation sites (tertiary alicyclic amines) is 1. The van der Waals surface area contributed by atoms with Gasteiger partial charge in [-0.15, -0.1) is 13.2 Å². The van der Waals surface area contributed by atoms with Gasteiger partial charge in [-0.05, 0) is 40.8 Å². The van der Waals surface area contributed by atoms with E-state index < -0.39 is 0 Å². The maximum absolute atomic E-state index is 3.00. The van der Waals surface area contributed by atoms with Crippen LogP contribution in [0.2, 0.25) is 0 Å². The standard InChI is InChI=1S/C11H22N2.C2H6.C2H4/c1-5-10(2)13-8-6-11(7-9-13)12(3)4;2*1-2/h5,11H,6-9H2,1-4H3;1-2H3;1-2H2/b10-5+;;. The van der Waals surface area contributed by atoms with Gasteiger partial charge in [0.2, 0.25) is 0 Å². The van der Waals surface area contributed by atoms with Crippen LogP contribution in [0.15, 0.2) is 24.9 Å². The maximum atomic E-state index is 3.00. The third kappa shape index (κ3) is 7.22. The third-order valence-electron chi connectivity index (χ3n) is 3.11. The molecule has 0 radical (unpaired) electrons. The summed E-state index contributed by atoms with van der Waals surface area (Å²) < 4.78 is 0. The van der Waals surface area contributed by atoms with Gasteiger partial charge in [-0.1, -0.05) is 19.9 Å². The molecule has 1 aliphatic rings. The summed E-state index contributed by atoms with van der Waals surface area (Å²) >= 11 is 0. The number of hydrogen-bond donors (Lipinski definition) is 0. The highest BCUT2D eigenvalue weighted by molar-refractivity contribution is 4.97. The van der Waals surface area contributed by atoms with Crippen LogP contribution in [-0.4, -0.2) is 43.0 Å². The second-order valence-corrected chi connectivity index (χ2v) is 4.11. The Balaban J connectivity index is 0. The van der Waals surface area contributed by atoms with E-state index in [1.54, 1.807) is 0 Å². The van der Waals surface area contributed by atoms with E-state index in [0.29, 0.717) is 0 Å². The Hall–Kier alpha value is -0.760. The predicted molar refractivity (Wildman–Crippen MR) is 80.3 cm³/mol. The van der Waals surface area contributed by atoms with Gasteiger partial charge >= 0.3 is 0 Å². The fourth-order valence-corrected chi connectivity index (χ4v) is 1.92. The number of rotatable bonds is 2. The van der Waals surface area contributed by atoms with Crippen molar-refractivity contribution in [1.82, 2.24) is 9.80 Å². The molecule has 0 aromatic carbocycles. The summed E-state index contributed by atoms with van der Waals surface area (Å²) in [5.74, 6) is 0.